The van der Waals surface area contributed by atoms with Crippen LogP contribution in [0.1, 0.15) is 17.3 Å². The molecule has 5 nitrogen and oxygen atoms in total. The van der Waals surface area contributed by atoms with Crippen molar-refractivity contribution in [3.8, 4) is 16.9 Å². The highest BCUT2D eigenvalue weighted by Gasteiger charge is 2.17. The van der Waals surface area contributed by atoms with Gasteiger partial charge in [0.25, 0.3) is 5.91 Å². The molecule has 0 saturated heterocycles. The molecule has 1 aromatic carbocycles. The summed E-state index contributed by atoms with van der Waals surface area (Å²) < 4.78 is 5.14. The lowest BCUT2D eigenvalue weighted by atomic mass is 10.1. The second-order valence-corrected chi connectivity index (χ2v) is 5.14. The Balaban J connectivity index is 2.27. The van der Waals surface area contributed by atoms with E-state index in [0.29, 0.717) is 5.56 Å². The number of likely N-dealkylation sites (N-methyl/N-ethyl adjacent to an activating group) is 1. The number of nitrogens with zero attached hydrogens (tertiary/aromatic N) is 2. The van der Waals surface area contributed by atoms with E-state index in [1.165, 1.54) is 11.1 Å². The van der Waals surface area contributed by atoms with E-state index in [-0.39, 0.29) is 18.6 Å². The van der Waals surface area contributed by atoms with Crippen molar-refractivity contribution < 1.29 is 14.6 Å². The Morgan fingerprint density at radius 1 is 1.27 bits per heavy atom. The van der Waals surface area contributed by atoms with Gasteiger partial charge in [-0.25, -0.2) is 0 Å². The third-order valence-corrected chi connectivity index (χ3v) is 3.65. The zero-order chi connectivity index (χ0) is 16.1. The standard InChI is InChI=1S/C17H20N2O3/c1-12(11-20)19(2)17(21)15-8-14(9-18-10-15)13-4-6-16(22-3)7-5-13/h4-10,12,20H,11H2,1-3H3. The van der Waals surface area contributed by atoms with Crippen molar-refractivity contribution in [2.75, 3.05) is 20.8 Å². The van der Waals surface area contributed by atoms with E-state index in [1.807, 2.05) is 24.3 Å². The summed E-state index contributed by atoms with van der Waals surface area (Å²) in [6.07, 6.45) is 3.25. The Kier molecular flexibility index (Phi) is 5.12. The van der Waals surface area contributed by atoms with E-state index in [1.54, 1.807) is 33.3 Å². The van der Waals surface area contributed by atoms with Crippen molar-refractivity contribution in [2.45, 2.75) is 13.0 Å². The molecule has 1 N–H and O–H groups in total. The number of amides is 1. The molecule has 1 amide bonds. The lowest BCUT2D eigenvalue weighted by molar-refractivity contribution is 0.0682. The predicted molar refractivity (Wildman–Crippen MR) is 84.9 cm³/mol. The van der Waals surface area contributed by atoms with Crippen molar-refractivity contribution in [1.29, 1.82) is 0 Å². The monoisotopic (exact) mass is 300 g/mol. The van der Waals surface area contributed by atoms with Gasteiger partial charge < -0.3 is 14.7 Å². The number of pyridine rings is 1. The van der Waals surface area contributed by atoms with Gasteiger partial charge in [-0.15, -0.1) is 0 Å². The second-order valence-electron chi connectivity index (χ2n) is 5.14. The number of aromatic nitrogens is 1. The maximum atomic E-state index is 12.4. The van der Waals surface area contributed by atoms with Crippen LogP contribution in [0.15, 0.2) is 42.7 Å². The van der Waals surface area contributed by atoms with Gasteiger partial charge in [0.15, 0.2) is 0 Å². The maximum Gasteiger partial charge on any atom is 0.255 e. The van der Waals surface area contributed by atoms with Gasteiger partial charge in [0, 0.05) is 25.0 Å². The largest absolute Gasteiger partial charge is 0.497 e. The Morgan fingerprint density at radius 3 is 2.55 bits per heavy atom. The highest BCUT2D eigenvalue weighted by molar-refractivity contribution is 5.95. The Morgan fingerprint density at radius 2 is 1.95 bits per heavy atom. The predicted octanol–water partition coefficient (Wildman–Crippen LogP) is 2.21. The van der Waals surface area contributed by atoms with Gasteiger partial charge in [-0.2, -0.15) is 0 Å². The lowest BCUT2D eigenvalue weighted by Gasteiger charge is -2.23. The molecule has 0 bridgehead atoms. The van der Waals surface area contributed by atoms with Gasteiger partial charge in [0.2, 0.25) is 0 Å². The highest BCUT2D eigenvalue weighted by atomic mass is 16.5. The average molecular weight is 300 g/mol. The van der Waals surface area contributed by atoms with Crippen LogP contribution in [0.2, 0.25) is 0 Å². The Bertz CT molecular complexity index is 641. The van der Waals surface area contributed by atoms with Gasteiger partial charge in [-0.3, -0.25) is 9.78 Å². The molecule has 116 valence electrons. The van der Waals surface area contributed by atoms with Crippen molar-refractivity contribution in [3.05, 3.63) is 48.3 Å². The van der Waals surface area contributed by atoms with Crippen LogP contribution in [0.4, 0.5) is 0 Å². The molecule has 0 aliphatic rings. The molecule has 0 spiro atoms. The van der Waals surface area contributed by atoms with Gasteiger partial charge >= 0.3 is 0 Å². The number of benzene rings is 1. The number of methoxy groups -OCH3 is 1. The van der Waals surface area contributed by atoms with Crippen LogP contribution in [0.5, 0.6) is 5.75 Å². The molecule has 1 unspecified atom stereocenters. The summed E-state index contributed by atoms with van der Waals surface area (Å²) in [5, 5.41) is 9.16. The molecule has 0 aliphatic heterocycles. The molecule has 0 radical (unpaired) electrons. The molecule has 2 rings (SSSR count). The van der Waals surface area contributed by atoms with Gasteiger partial charge in [0.05, 0.1) is 25.3 Å². The third-order valence-electron chi connectivity index (χ3n) is 3.65. The van der Waals surface area contributed by atoms with Gasteiger partial charge in [-0.1, -0.05) is 12.1 Å². The SMILES string of the molecule is COc1ccc(-c2cncc(C(=O)N(C)C(C)CO)c2)cc1. The van der Waals surface area contributed by atoms with Crippen LogP contribution >= 0.6 is 0 Å². The van der Waals surface area contributed by atoms with Crippen molar-refractivity contribution in [2.24, 2.45) is 0 Å². The van der Waals surface area contributed by atoms with Crippen LogP contribution in [0.25, 0.3) is 11.1 Å². The fourth-order valence-corrected chi connectivity index (χ4v) is 2.02. The quantitative estimate of drug-likeness (QED) is 0.919. The topological polar surface area (TPSA) is 62.7 Å². The number of hydrogen-bond donors (Lipinski definition) is 1. The van der Waals surface area contributed by atoms with E-state index in [0.717, 1.165) is 16.9 Å². The minimum Gasteiger partial charge on any atom is -0.497 e. The molecule has 22 heavy (non-hydrogen) atoms. The summed E-state index contributed by atoms with van der Waals surface area (Å²) in [4.78, 5) is 18.0. The van der Waals surface area contributed by atoms with Crippen LogP contribution in [0, 0.1) is 0 Å². The fraction of sp³-hybridized carbons (Fsp3) is 0.294. The van der Waals surface area contributed by atoms with Crippen LogP contribution in [0.3, 0.4) is 0 Å². The normalized spacial score (nSPS) is 11.8. The van der Waals surface area contributed by atoms with E-state index >= 15 is 0 Å². The molecule has 0 aliphatic carbocycles. The molecule has 5 heteroatoms. The van der Waals surface area contributed by atoms with E-state index in [9.17, 15) is 4.79 Å². The summed E-state index contributed by atoms with van der Waals surface area (Å²) in [6.45, 7) is 1.71. The molecule has 0 saturated carbocycles. The highest BCUT2D eigenvalue weighted by Crippen LogP contribution is 2.22. The molecular formula is C17H20N2O3. The smallest absolute Gasteiger partial charge is 0.255 e. The first kappa shape index (κ1) is 16.0. The Labute approximate surface area is 130 Å². The molecule has 1 aromatic heterocycles. The summed E-state index contributed by atoms with van der Waals surface area (Å²) in [5.41, 5.74) is 2.32. The maximum absolute atomic E-state index is 12.4. The van der Waals surface area contributed by atoms with E-state index < -0.39 is 0 Å². The third kappa shape index (κ3) is 3.43. The van der Waals surface area contributed by atoms with Crippen LogP contribution < -0.4 is 4.74 Å². The summed E-state index contributed by atoms with van der Waals surface area (Å²) in [6, 6.07) is 9.14. The summed E-state index contributed by atoms with van der Waals surface area (Å²) in [5.74, 6) is 0.616. The molecule has 1 heterocycles. The zero-order valence-electron chi connectivity index (χ0n) is 13.0. The first-order valence-electron chi connectivity index (χ1n) is 7.04. The van der Waals surface area contributed by atoms with Gasteiger partial charge in [0.1, 0.15) is 5.75 Å². The van der Waals surface area contributed by atoms with Crippen molar-refractivity contribution in [3.63, 3.8) is 0 Å². The van der Waals surface area contributed by atoms with Crippen molar-refractivity contribution in [1.82, 2.24) is 9.88 Å². The fourth-order valence-electron chi connectivity index (χ4n) is 2.02. The zero-order valence-corrected chi connectivity index (χ0v) is 13.0. The summed E-state index contributed by atoms with van der Waals surface area (Å²) in [7, 11) is 3.29. The number of carbonyl (C=O) groups is 1. The van der Waals surface area contributed by atoms with Crippen molar-refractivity contribution >= 4 is 5.91 Å². The molecule has 0 fully saturated rings. The number of rotatable bonds is 5. The van der Waals surface area contributed by atoms with E-state index in [4.69, 9.17) is 9.84 Å². The first-order chi connectivity index (χ1) is 10.6. The average Bonchev–Trinajstić information content (AvgIpc) is 2.59. The molecule has 2 aromatic rings. The van der Waals surface area contributed by atoms with E-state index in [2.05, 4.69) is 4.98 Å². The lowest BCUT2D eigenvalue weighted by Crippen LogP contribution is -2.37. The number of ether oxygens (including phenoxy) is 1. The number of hydrogen-bond acceptors (Lipinski definition) is 4. The molecule has 1 atom stereocenters. The van der Waals surface area contributed by atoms with Crippen LogP contribution in [-0.2, 0) is 0 Å². The number of aliphatic hydroxyl groups excluding tert-OH is 1. The van der Waals surface area contributed by atoms with Crippen LogP contribution in [-0.4, -0.2) is 47.7 Å². The minimum atomic E-state index is -0.239. The summed E-state index contributed by atoms with van der Waals surface area (Å²) >= 11 is 0. The number of aliphatic hydroxyl groups is 1. The molecular weight excluding hydrogens is 280 g/mol. The Hall–Kier alpha value is -2.40. The first-order valence-corrected chi connectivity index (χ1v) is 7.04. The second kappa shape index (κ2) is 7.04. The van der Waals surface area contributed by atoms with Gasteiger partial charge in [-0.05, 0) is 30.7 Å². The minimum absolute atomic E-state index is 0.0756. The number of carbonyl (C=O) groups excluding carboxylic acids is 1.